The normalized spacial score (nSPS) is 15.0. The van der Waals surface area contributed by atoms with Crippen molar-refractivity contribution in [1.82, 2.24) is 0 Å². The van der Waals surface area contributed by atoms with Crippen molar-refractivity contribution in [2.75, 3.05) is 0 Å². The second-order valence-corrected chi connectivity index (χ2v) is 7.30. The van der Waals surface area contributed by atoms with Gasteiger partial charge in [0, 0.05) is 12.8 Å². The molecule has 0 aliphatic heterocycles. The molecule has 0 bridgehead atoms. The van der Waals surface area contributed by atoms with Gasteiger partial charge in [-0.05, 0) is 73.3 Å². The fraction of sp³-hybridized carbons (Fsp3) is 0.591. The van der Waals surface area contributed by atoms with Crippen LogP contribution in [0.15, 0.2) is 47.6 Å². The minimum Gasteiger partial charge on any atom is -0.455 e. The fourth-order valence-electron chi connectivity index (χ4n) is 2.58. The first kappa shape index (κ1) is 22.4. The van der Waals surface area contributed by atoms with E-state index in [9.17, 15) is 4.79 Å². The lowest BCUT2D eigenvalue weighted by Crippen LogP contribution is -2.37. The van der Waals surface area contributed by atoms with E-state index in [2.05, 4.69) is 59.4 Å². The molecule has 0 N–H and O–H groups in total. The van der Waals surface area contributed by atoms with Crippen LogP contribution < -0.4 is 0 Å². The second-order valence-electron chi connectivity index (χ2n) is 7.30. The number of rotatable bonds is 10. The first-order valence-corrected chi connectivity index (χ1v) is 8.86. The first-order chi connectivity index (χ1) is 11.1. The predicted octanol–water partition coefficient (Wildman–Crippen LogP) is 6.55. The van der Waals surface area contributed by atoms with Gasteiger partial charge in [0.25, 0.3) is 0 Å². The van der Waals surface area contributed by atoms with Crippen LogP contribution in [-0.4, -0.2) is 11.6 Å². The van der Waals surface area contributed by atoms with Crippen LogP contribution in [0.5, 0.6) is 0 Å². The van der Waals surface area contributed by atoms with E-state index in [1.807, 2.05) is 6.92 Å². The van der Waals surface area contributed by atoms with Crippen LogP contribution in [0.1, 0.15) is 74.1 Å². The summed E-state index contributed by atoms with van der Waals surface area (Å²) in [5, 5.41) is 0. The van der Waals surface area contributed by atoms with Gasteiger partial charge in [-0.2, -0.15) is 0 Å². The molecule has 0 fully saturated rings. The number of carbonyl (C=O) groups excluding carboxylic acids is 1. The summed E-state index contributed by atoms with van der Waals surface area (Å²) in [5.41, 5.74) is 3.37. The molecule has 2 nitrogen and oxygen atoms in total. The van der Waals surface area contributed by atoms with Crippen LogP contribution in [0.2, 0.25) is 0 Å². The Morgan fingerprint density at radius 3 is 2.00 bits per heavy atom. The third kappa shape index (κ3) is 9.54. The van der Waals surface area contributed by atoms with E-state index in [0.717, 1.165) is 25.7 Å². The van der Waals surface area contributed by atoms with Crippen LogP contribution in [0.3, 0.4) is 0 Å². The number of ether oxygens (including phenoxy) is 1. The van der Waals surface area contributed by atoms with E-state index in [1.165, 1.54) is 23.6 Å². The second kappa shape index (κ2) is 11.1. The average Bonchev–Trinajstić information content (AvgIpc) is 2.45. The van der Waals surface area contributed by atoms with Crippen molar-refractivity contribution in [3.63, 3.8) is 0 Å². The van der Waals surface area contributed by atoms with Crippen molar-refractivity contribution in [1.29, 1.82) is 0 Å². The molecular formula is C22H36O2. The number of carbonyl (C=O) groups is 1. The van der Waals surface area contributed by atoms with E-state index >= 15 is 0 Å². The van der Waals surface area contributed by atoms with Crippen molar-refractivity contribution in [2.45, 2.75) is 79.8 Å². The summed E-state index contributed by atoms with van der Waals surface area (Å²) in [6.45, 7) is 17.9. The molecule has 0 aliphatic carbocycles. The highest BCUT2D eigenvalue weighted by molar-refractivity contribution is 5.66. The van der Waals surface area contributed by atoms with Gasteiger partial charge in [0.15, 0.2) is 0 Å². The molecule has 0 amide bonds. The monoisotopic (exact) mass is 332 g/mol. The molecule has 0 aromatic rings. The number of esters is 1. The van der Waals surface area contributed by atoms with E-state index in [4.69, 9.17) is 4.74 Å². The van der Waals surface area contributed by atoms with Crippen molar-refractivity contribution in [2.24, 2.45) is 5.92 Å². The number of allylic oxidation sites excluding steroid dienone is 6. The lowest BCUT2D eigenvalue weighted by Gasteiger charge is -2.33. The maximum Gasteiger partial charge on any atom is 0.303 e. The fourth-order valence-corrected chi connectivity index (χ4v) is 2.58. The van der Waals surface area contributed by atoms with E-state index in [-0.39, 0.29) is 11.9 Å². The molecule has 2 heteroatoms. The summed E-state index contributed by atoms with van der Waals surface area (Å²) in [4.78, 5) is 11.5. The Morgan fingerprint density at radius 1 is 1.00 bits per heavy atom. The Hall–Kier alpha value is -1.57. The summed E-state index contributed by atoms with van der Waals surface area (Å²) < 4.78 is 5.60. The summed E-state index contributed by atoms with van der Waals surface area (Å²) in [6, 6.07) is 0. The van der Waals surface area contributed by atoms with Gasteiger partial charge in [0.1, 0.15) is 5.60 Å². The van der Waals surface area contributed by atoms with Gasteiger partial charge in [-0.25, -0.2) is 0 Å². The Morgan fingerprint density at radius 2 is 1.54 bits per heavy atom. The average molecular weight is 333 g/mol. The molecule has 0 aromatic heterocycles. The summed E-state index contributed by atoms with van der Waals surface area (Å²) in [7, 11) is 0. The molecule has 0 heterocycles. The van der Waals surface area contributed by atoms with Gasteiger partial charge >= 0.3 is 5.97 Å². The largest absolute Gasteiger partial charge is 0.455 e. The van der Waals surface area contributed by atoms with Crippen LogP contribution in [-0.2, 0) is 9.53 Å². The molecule has 0 saturated heterocycles. The standard InChI is InChI=1S/C22H36O2/c1-9-22(8,24-20(7)23)21(15-13-18(4)5)16-14-19(6)12-10-11-17(2)3/h9,11,13-14,21H,1,10,12,15-16H2,2-8H3/b19-14+. The third-order valence-corrected chi connectivity index (χ3v) is 4.23. The highest BCUT2D eigenvalue weighted by atomic mass is 16.6. The highest BCUT2D eigenvalue weighted by Gasteiger charge is 2.33. The zero-order valence-corrected chi connectivity index (χ0v) is 16.7. The first-order valence-electron chi connectivity index (χ1n) is 8.86. The molecule has 0 rings (SSSR count). The van der Waals surface area contributed by atoms with Gasteiger partial charge in [0.2, 0.25) is 0 Å². The quantitative estimate of drug-likeness (QED) is 0.335. The lowest BCUT2D eigenvalue weighted by molar-refractivity contribution is -0.155. The molecule has 136 valence electrons. The highest BCUT2D eigenvalue weighted by Crippen LogP contribution is 2.31. The molecule has 0 saturated carbocycles. The number of hydrogen-bond acceptors (Lipinski definition) is 2. The lowest BCUT2D eigenvalue weighted by atomic mass is 9.82. The van der Waals surface area contributed by atoms with Gasteiger partial charge < -0.3 is 4.74 Å². The topological polar surface area (TPSA) is 26.3 Å². The van der Waals surface area contributed by atoms with Crippen molar-refractivity contribution in [3.05, 3.63) is 47.6 Å². The maximum atomic E-state index is 11.5. The Labute approximate surface area is 149 Å². The van der Waals surface area contributed by atoms with E-state index < -0.39 is 5.60 Å². The summed E-state index contributed by atoms with van der Waals surface area (Å²) >= 11 is 0. The minimum absolute atomic E-state index is 0.187. The molecule has 24 heavy (non-hydrogen) atoms. The van der Waals surface area contributed by atoms with Gasteiger partial charge in [-0.1, -0.05) is 41.5 Å². The molecule has 0 aliphatic rings. The smallest absolute Gasteiger partial charge is 0.303 e. The molecule has 2 atom stereocenters. The molecule has 0 radical (unpaired) electrons. The molecule has 0 spiro atoms. The third-order valence-electron chi connectivity index (χ3n) is 4.23. The van der Waals surface area contributed by atoms with Gasteiger partial charge in [-0.3, -0.25) is 4.79 Å². The van der Waals surface area contributed by atoms with Crippen molar-refractivity contribution < 1.29 is 9.53 Å². The van der Waals surface area contributed by atoms with E-state index in [0.29, 0.717) is 0 Å². The zero-order chi connectivity index (χ0) is 18.8. The zero-order valence-electron chi connectivity index (χ0n) is 16.7. The Bertz CT molecular complexity index is 500. The van der Waals surface area contributed by atoms with Gasteiger partial charge in [-0.15, -0.1) is 0 Å². The summed E-state index contributed by atoms with van der Waals surface area (Å²) in [5.74, 6) is -0.0731. The Kier molecular flexibility index (Phi) is 10.3. The van der Waals surface area contributed by atoms with Crippen LogP contribution in [0, 0.1) is 5.92 Å². The van der Waals surface area contributed by atoms with E-state index in [1.54, 1.807) is 6.08 Å². The van der Waals surface area contributed by atoms with Crippen LogP contribution >= 0.6 is 0 Å². The molecule has 2 unspecified atom stereocenters. The molecular weight excluding hydrogens is 296 g/mol. The molecule has 0 aromatic carbocycles. The number of hydrogen-bond donors (Lipinski definition) is 0. The van der Waals surface area contributed by atoms with Crippen molar-refractivity contribution in [3.8, 4) is 0 Å². The summed E-state index contributed by atoms with van der Waals surface area (Å²) in [6.07, 6.45) is 12.4. The predicted molar refractivity (Wildman–Crippen MR) is 105 cm³/mol. The van der Waals surface area contributed by atoms with Gasteiger partial charge in [0.05, 0.1) is 0 Å². The van der Waals surface area contributed by atoms with Crippen molar-refractivity contribution >= 4 is 5.97 Å². The Balaban J connectivity index is 5.13. The minimum atomic E-state index is -0.644. The van der Waals surface area contributed by atoms with Crippen LogP contribution in [0.4, 0.5) is 0 Å². The SMILES string of the molecule is C=CC(C)(OC(C)=O)C(CC=C(C)C)C/C=C(\C)CCC=C(C)C. The van der Waals surface area contributed by atoms with Crippen LogP contribution in [0.25, 0.3) is 0 Å². The maximum absolute atomic E-state index is 11.5.